The molecular formula is C18H14ClFN2O3. The van der Waals surface area contributed by atoms with Gasteiger partial charge in [-0.1, -0.05) is 11.6 Å². The number of aromatic hydroxyl groups is 1. The second-order valence-electron chi connectivity index (χ2n) is 5.22. The lowest BCUT2D eigenvalue weighted by atomic mass is 10.1. The molecule has 0 aliphatic carbocycles. The number of benzene rings is 2. The molecule has 1 heterocycles. The van der Waals surface area contributed by atoms with Crippen LogP contribution >= 0.6 is 11.6 Å². The van der Waals surface area contributed by atoms with Crippen molar-refractivity contribution in [2.45, 2.75) is 6.92 Å². The van der Waals surface area contributed by atoms with E-state index in [1.54, 1.807) is 25.1 Å². The molecule has 2 N–H and O–H groups in total. The minimum Gasteiger partial charge on any atom is -0.505 e. The normalized spacial score (nSPS) is 10.7. The molecule has 0 bridgehead atoms. The molecule has 0 atom stereocenters. The SMILES string of the molecule is CCNC(=O)c1nc(Cl)c2cc(Oc3ccc(F)cc3)ccc2c1O. The summed E-state index contributed by atoms with van der Waals surface area (Å²) in [5, 5.41) is 13.8. The zero-order valence-corrected chi connectivity index (χ0v) is 14.0. The summed E-state index contributed by atoms with van der Waals surface area (Å²) in [4.78, 5) is 15.9. The monoisotopic (exact) mass is 360 g/mol. The predicted octanol–water partition coefficient (Wildman–Crippen LogP) is 4.27. The molecule has 2 aromatic carbocycles. The number of amides is 1. The fraction of sp³-hybridized carbons (Fsp3) is 0.111. The highest BCUT2D eigenvalue weighted by Crippen LogP contribution is 2.35. The Morgan fingerprint density at radius 1 is 1.20 bits per heavy atom. The standard InChI is InChI=1S/C18H14ClFN2O3/c1-2-21-18(24)15-16(23)13-8-7-12(9-14(13)17(19)22-15)25-11-5-3-10(20)4-6-11/h3-9,23H,2H2,1H3,(H,21,24). The summed E-state index contributed by atoms with van der Waals surface area (Å²) in [6, 6.07) is 10.4. The third-order valence-electron chi connectivity index (χ3n) is 3.50. The van der Waals surface area contributed by atoms with E-state index in [1.165, 1.54) is 24.3 Å². The molecule has 3 rings (SSSR count). The number of nitrogens with zero attached hydrogens (tertiary/aromatic N) is 1. The van der Waals surface area contributed by atoms with Gasteiger partial charge in [-0.3, -0.25) is 4.79 Å². The number of aromatic nitrogens is 1. The van der Waals surface area contributed by atoms with Crippen LogP contribution in [0.15, 0.2) is 42.5 Å². The minimum absolute atomic E-state index is 0.0682. The minimum atomic E-state index is -0.504. The molecule has 0 saturated carbocycles. The topological polar surface area (TPSA) is 71.5 Å². The number of rotatable bonds is 4. The van der Waals surface area contributed by atoms with Crippen molar-refractivity contribution in [2.75, 3.05) is 6.54 Å². The van der Waals surface area contributed by atoms with Crippen LogP contribution in [0.3, 0.4) is 0 Å². The predicted molar refractivity (Wildman–Crippen MR) is 92.9 cm³/mol. The van der Waals surface area contributed by atoms with Gasteiger partial charge in [0, 0.05) is 17.3 Å². The number of fused-ring (bicyclic) bond motifs is 1. The largest absolute Gasteiger partial charge is 0.505 e. The van der Waals surface area contributed by atoms with E-state index in [9.17, 15) is 14.3 Å². The first-order valence-electron chi connectivity index (χ1n) is 7.53. The van der Waals surface area contributed by atoms with E-state index in [0.717, 1.165) is 0 Å². The molecule has 0 aliphatic rings. The molecule has 5 nitrogen and oxygen atoms in total. The van der Waals surface area contributed by atoms with Gasteiger partial charge in [0.2, 0.25) is 0 Å². The summed E-state index contributed by atoms with van der Waals surface area (Å²) in [6.07, 6.45) is 0. The Bertz CT molecular complexity index is 945. The second kappa shape index (κ2) is 6.94. The Morgan fingerprint density at radius 2 is 1.88 bits per heavy atom. The first kappa shape index (κ1) is 17.0. The Morgan fingerprint density at radius 3 is 2.56 bits per heavy atom. The van der Waals surface area contributed by atoms with Crippen molar-refractivity contribution >= 4 is 28.3 Å². The highest BCUT2D eigenvalue weighted by Gasteiger charge is 2.18. The van der Waals surface area contributed by atoms with Crippen LogP contribution in [-0.2, 0) is 0 Å². The van der Waals surface area contributed by atoms with Gasteiger partial charge >= 0.3 is 0 Å². The number of halogens is 2. The summed E-state index contributed by atoms with van der Waals surface area (Å²) in [6.45, 7) is 2.16. The van der Waals surface area contributed by atoms with Gasteiger partial charge in [0.15, 0.2) is 11.4 Å². The fourth-order valence-electron chi connectivity index (χ4n) is 2.34. The summed E-state index contributed by atoms with van der Waals surface area (Å²) in [7, 11) is 0. The molecule has 7 heteroatoms. The highest BCUT2D eigenvalue weighted by atomic mass is 35.5. The van der Waals surface area contributed by atoms with Crippen LogP contribution in [0.1, 0.15) is 17.4 Å². The third kappa shape index (κ3) is 3.49. The lowest BCUT2D eigenvalue weighted by molar-refractivity contribution is 0.0948. The Labute approximate surface area is 148 Å². The third-order valence-corrected chi connectivity index (χ3v) is 3.79. The highest BCUT2D eigenvalue weighted by molar-refractivity contribution is 6.35. The van der Waals surface area contributed by atoms with Crippen LogP contribution in [0.5, 0.6) is 17.2 Å². The van der Waals surface area contributed by atoms with Crippen LogP contribution in [0.2, 0.25) is 5.15 Å². The molecule has 0 aliphatic heterocycles. The number of carbonyl (C=O) groups is 1. The van der Waals surface area contributed by atoms with E-state index in [1.807, 2.05) is 0 Å². The van der Waals surface area contributed by atoms with Gasteiger partial charge in [-0.25, -0.2) is 9.37 Å². The Hall–Kier alpha value is -2.86. The summed E-state index contributed by atoms with van der Waals surface area (Å²) in [5.41, 5.74) is -0.133. The number of nitrogens with one attached hydrogen (secondary N) is 1. The maximum absolute atomic E-state index is 12.9. The zero-order valence-electron chi connectivity index (χ0n) is 13.2. The summed E-state index contributed by atoms with van der Waals surface area (Å²) in [5.74, 6) is -0.226. The van der Waals surface area contributed by atoms with Crippen molar-refractivity contribution in [1.82, 2.24) is 10.3 Å². The van der Waals surface area contributed by atoms with Crippen molar-refractivity contribution in [2.24, 2.45) is 0 Å². The van der Waals surface area contributed by atoms with Crippen molar-refractivity contribution in [1.29, 1.82) is 0 Å². The van der Waals surface area contributed by atoms with Gasteiger partial charge in [-0.15, -0.1) is 0 Å². The lowest BCUT2D eigenvalue weighted by Gasteiger charge is -2.11. The Kier molecular flexibility index (Phi) is 4.72. The molecule has 0 spiro atoms. The molecule has 0 saturated heterocycles. The van der Waals surface area contributed by atoms with Gasteiger partial charge in [0.1, 0.15) is 22.5 Å². The molecule has 0 radical (unpaired) electrons. The fourth-order valence-corrected chi connectivity index (χ4v) is 2.59. The maximum Gasteiger partial charge on any atom is 0.273 e. The van der Waals surface area contributed by atoms with Crippen LogP contribution in [0.4, 0.5) is 4.39 Å². The number of pyridine rings is 1. The number of hydrogen-bond acceptors (Lipinski definition) is 4. The van der Waals surface area contributed by atoms with Crippen molar-refractivity contribution in [3.8, 4) is 17.2 Å². The lowest BCUT2D eigenvalue weighted by Crippen LogP contribution is -2.23. The maximum atomic E-state index is 12.9. The van der Waals surface area contributed by atoms with Crippen molar-refractivity contribution in [3.63, 3.8) is 0 Å². The molecule has 0 fully saturated rings. The van der Waals surface area contributed by atoms with E-state index < -0.39 is 5.91 Å². The average Bonchev–Trinajstić information content (AvgIpc) is 2.60. The van der Waals surface area contributed by atoms with Crippen LogP contribution < -0.4 is 10.1 Å². The molecule has 128 valence electrons. The number of carbonyl (C=O) groups excluding carboxylic acids is 1. The summed E-state index contributed by atoms with van der Waals surface area (Å²) < 4.78 is 18.6. The van der Waals surface area contributed by atoms with Gasteiger partial charge in [-0.05, 0) is 49.4 Å². The van der Waals surface area contributed by atoms with Crippen LogP contribution in [-0.4, -0.2) is 22.5 Å². The van der Waals surface area contributed by atoms with Gasteiger partial charge in [-0.2, -0.15) is 0 Å². The van der Waals surface area contributed by atoms with Crippen LogP contribution in [0, 0.1) is 5.82 Å². The van der Waals surface area contributed by atoms with Gasteiger partial charge < -0.3 is 15.2 Å². The first-order chi connectivity index (χ1) is 12.0. The number of hydrogen-bond donors (Lipinski definition) is 2. The van der Waals surface area contributed by atoms with Gasteiger partial charge in [0.05, 0.1) is 0 Å². The molecule has 0 unspecified atom stereocenters. The van der Waals surface area contributed by atoms with E-state index in [4.69, 9.17) is 16.3 Å². The molecular weight excluding hydrogens is 347 g/mol. The average molecular weight is 361 g/mol. The number of ether oxygens (including phenoxy) is 1. The van der Waals surface area contributed by atoms with E-state index in [-0.39, 0.29) is 22.4 Å². The smallest absolute Gasteiger partial charge is 0.273 e. The second-order valence-corrected chi connectivity index (χ2v) is 5.58. The first-order valence-corrected chi connectivity index (χ1v) is 7.91. The van der Waals surface area contributed by atoms with E-state index >= 15 is 0 Å². The zero-order chi connectivity index (χ0) is 18.0. The summed E-state index contributed by atoms with van der Waals surface area (Å²) >= 11 is 6.17. The Balaban J connectivity index is 2.00. The molecule has 25 heavy (non-hydrogen) atoms. The molecule has 3 aromatic rings. The molecule has 1 aromatic heterocycles. The van der Waals surface area contributed by atoms with Crippen molar-refractivity contribution < 1.29 is 19.0 Å². The van der Waals surface area contributed by atoms with E-state index in [2.05, 4.69) is 10.3 Å². The van der Waals surface area contributed by atoms with Crippen LogP contribution in [0.25, 0.3) is 10.8 Å². The van der Waals surface area contributed by atoms with Gasteiger partial charge in [0.25, 0.3) is 5.91 Å². The van der Waals surface area contributed by atoms with Crippen molar-refractivity contribution in [3.05, 3.63) is 59.1 Å². The molecule has 1 amide bonds. The quantitative estimate of drug-likeness (QED) is 0.681. The van der Waals surface area contributed by atoms with E-state index in [0.29, 0.717) is 28.8 Å².